The number of hydrogen-bond acceptors (Lipinski definition) is 3. The Morgan fingerprint density at radius 1 is 1.36 bits per heavy atom. The van der Waals surface area contributed by atoms with Gasteiger partial charge in [0.1, 0.15) is 0 Å². The molecule has 2 heterocycles. The largest absolute Gasteiger partial charge is 0.369 e. The maximum absolute atomic E-state index is 5.89. The second-order valence-corrected chi connectivity index (χ2v) is 3.64. The number of nitrogens with two attached hydrogens (primary N) is 1. The molecule has 0 spiro atoms. The number of para-hydroxylation sites is 2. The lowest BCUT2D eigenvalue weighted by Gasteiger charge is -2.29. The van der Waals surface area contributed by atoms with Crippen molar-refractivity contribution in [1.29, 1.82) is 0 Å². The molecule has 1 aliphatic rings. The SMILES string of the molecule is Nc1nc2ccccc2n1C1CNC1. The van der Waals surface area contributed by atoms with Gasteiger partial charge in [-0.1, -0.05) is 12.1 Å². The number of aromatic nitrogens is 2. The highest BCUT2D eigenvalue weighted by Crippen LogP contribution is 2.24. The van der Waals surface area contributed by atoms with Crippen LogP contribution in [0.2, 0.25) is 0 Å². The summed E-state index contributed by atoms with van der Waals surface area (Å²) in [6.07, 6.45) is 0. The molecule has 0 amide bonds. The van der Waals surface area contributed by atoms with E-state index in [4.69, 9.17) is 5.73 Å². The summed E-state index contributed by atoms with van der Waals surface area (Å²) in [5, 5.41) is 3.24. The molecule has 1 fully saturated rings. The van der Waals surface area contributed by atoms with Gasteiger partial charge in [0.2, 0.25) is 5.95 Å². The number of nitrogens with zero attached hydrogens (tertiary/aromatic N) is 2. The first-order valence-corrected chi connectivity index (χ1v) is 4.79. The van der Waals surface area contributed by atoms with Crippen molar-refractivity contribution in [3.8, 4) is 0 Å². The van der Waals surface area contributed by atoms with Crippen molar-refractivity contribution in [3.63, 3.8) is 0 Å². The number of imidazole rings is 1. The fraction of sp³-hybridized carbons (Fsp3) is 0.300. The van der Waals surface area contributed by atoms with Gasteiger partial charge in [-0.15, -0.1) is 0 Å². The number of anilines is 1. The summed E-state index contributed by atoms with van der Waals surface area (Å²) in [7, 11) is 0. The molecule has 1 aliphatic heterocycles. The molecule has 4 heteroatoms. The van der Waals surface area contributed by atoms with Crippen LogP contribution in [0.15, 0.2) is 24.3 Å². The number of benzene rings is 1. The normalized spacial score (nSPS) is 17.1. The van der Waals surface area contributed by atoms with Crippen molar-refractivity contribution in [2.75, 3.05) is 18.8 Å². The van der Waals surface area contributed by atoms with E-state index in [2.05, 4.69) is 20.9 Å². The lowest BCUT2D eigenvalue weighted by molar-refractivity contribution is 0.354. The molecule has 3 rings (SSSR count). The molecule has 0 radical (unpaired) electrons. The van der Waals surface area contributed by atoms with Crippen LogP contribution in [0.4, 0.5) is 5.95 Å². The molecule has 0 unspecified atom stereocenters. The van der Waals surface area contributed by atoms with Crippen LogP contribution in [0.5, 0.6) is 0 Å². The fourth-order valence-corrected chi connectivity index (χ4v) is 1.90. The van der Waals surface area contributed by atoms with Gasteiger partial charge in [-0.3, -0.25) is 0 Å². The molecule has 1 aromatic carbocycles. The monoisotopic (exact) mass is 188 g/mol. The number of hydrogen-bond donors (Lipinski definition) is 2. The molecular formula is C10H12N4. The Balaban J connectivity index is 2.24. The van der Waals surface area contributed by atoms with Gasteiger partial charge in [0, 0.05) is 13.1 Å². The first kappa shape index (κ1) is 7.82. The first-order valence-electron chi connectivity index (χ1n) is 4.79. The summed E-state index contributed by atoms with van der Waals surface area (Å²) in [6.45, 7) is 1.98. The number of rotatable bonds is 1. The van der Waals surface area contributed by atoms with Gasteiger partial charge in [-0.25, -0.2) is 4.98 Å². The number of fused-ring (bicyclic) bond motifs is 1. The molecule has 1 saturated heterocycles. The van der Waals surface area contributed by atoms with Gasteiger partial charge < -0.3 is 15.6 Å². The fourth-order valence-electron chi connectivity index (χ4n) is 1.90. The topological polar surface area (TPSA) is 55.9 Å². The molecule has 72 valence electrons. The van der Waals surface area contributed by atoms with Crippen molar-refractivity contribution in [2.45, 2.75) is 6.04 Å². The summed E-state index contributed by atoms with van der Waals surface area (Å²) in [5.74, 6) is 0.623. The minimum atomic E-state index is 0.474. The van der Waals surface area contributed by atoms with Gasteiger partial charge in [0.15, 0.2) is 0 Å². The summed E-state index contributed by atoms with van der Waals surface area (Å²) in [6, 6.07) is 8.54. The van der Waals surface area contributed by atoms with Gasteiger partial charge in [0.25, 0.3) is 0 Å². The van der Waals surface area contributed by atoms with E-state index < -0.39 is 0 Å². The predicted octanol–water partition coefficient (Wildman–Crippen LogP) is 0.763. The van der Waals surface area contributed by atoms with Crippen LogP contribution in [0.1, 0.15) is 6.04 Å². The Morgan fingerprint density at radius 3 is 2.86 bits per heavy atom. The van der Waals surface area contributed by atoms with Gasteiger partial charge >= 0.3 is 0 Å². The third kappa shape index (κ3) is 0.943. The van der Waals surface area contributed by atoms with E-state index in [0.717, 1.165) is 24.1 Å². The molecule has 0 bridgehead atoms. The molecule has 2 aromatic rings. The average Bonchev–Trinajstić information content (AvgIpc) is 2.41. The Kier molecular flexibility index (Phi) is 1.52. The zero-order valence-electron chi connectivity index (χ0n) is 7.77. The number of nitrogens with one attached hydrogen (secondary N) is 1. The highest BCUT2D eigenvalue weighted by atomic mass is 15.2. The summed E-state index contributed by atoms with van der Waals surface area (Å²) >= 11 is 0. The summed E-state index contributed by atoms with van der Waals surface area (Å²) in [4.78, 5) is 4.33. The quantitative estimate of drug-likeness (QED) is 0.694. The lowest BCUT2D eigenvalue weighted by Crippen LogP contribution is -2.43. The van der Waals surface area contributed by atoms with Crippen LogP contribution in [-0.4, -0.2) is 22.6 Å². The summed E-state index contributed by atoms with van der Waals surface area (Å²) < 4.78 is 2.12. The van der Waals surface area contributed by atoms with Crippen LogP contribution in [-0.2, 0) is 0 Å². The van der Waals surface area contributed by atoms with Gasteiger partial charge in [-0.05, 0) is 12.1 Å². The second-order valence-electron chi connectivity index (χ2n) is 3.64. The first-order chi connectivity index (χ1) is 6.86. The minimum absolute atomic E-state index is 0.474. The van der Waals surface area contributed by atoms with Crippen LogP contribution < -0.4 is 11.1 Å². The Bertz CT molecular complexity index is 470. The predicted molar refractivity (Wildman–Crippen MR) is 56.1 cm³/mol. The maximum Gasteiger partial charge on any atom is 0.201 e. The molecule has 0 atom stereocenters. The van der Waals surface area contributed by atoms with Crippen LogP contribution in [0.3, 0.4) is 0 Å². The zero-order chi connectivity index (χ0) is 9.54. The van der Waals surface area contributed by atoms with E-state index >= 15 is 0 Å². The molecule has 4 nitrogen and oxygen atoms in total. The van der Waals surface area contributed by atoms with E-state index in [9.17, 15) is 0 Å². The van der Waals surface area contributed by atoms with Crippen molar-refractivity contribution in [1.82, 2.24) is 14.9 Å². The highest BCUT2D eigenvalue weighted by molar-refractivity contribution is 5.78. The Labute approximate surface area is 81.7 Å². The maximum atomic E-state index is 5.89. The molecule has 1 aromatic heterocycles. The van der Waals surface area contributed by atoms with Crippen LogP contribution in [0.25, 0.3) is 11.0 Å². The Morgan fingerprint density at radius 2 is 2.14 bits per heavy atom. The molecule has 0 saturated carbocycles. The third-order valence-corrected chi connectivity index (χ3v) is 2.75. The van der Waals surface area contributed by atoms with Crippen molar-refractivity contribution in [3.05, 3.63) is 24.3 Å². The van der Waals surface area contributed by atoms with E-state index in [-0.39, 0.29) is 0 Å². The van der Waals surface area contributed by atoms with E-state index in [1.165, 1.54) is 0 Å². The number of nitrogen functional groups attached to an aromatic ring is 1. The highest BCUT2D eigenvalue weighted by Gasteiger charge is 2.22. The third-order valence-electron chi connectivity index (χ3n) is 2.75. The smallest absolute Gasteiger partial charge is 0.201 e. The van der Waals surface area contributed by atoms with E-state index in [1.807, 2.05) is 18.2 Å². The molecule has 14 heavy (non-hydrogen) atoms. The van der Waals surface area contributed by atoms with E-state index in [1.54, 1.807) is 0 Å². The molecule has 0 aliphatic carbocycles. The van der Waals surface area contributed by atoms with Gasteiger partial charge in [-0.2, -0.15) is 0 Å². The molecular weight excluding hydrogens is 176 g/mol. The van der Waals surface area contributed by atoms with Crippen molar-refractivity contribution in [2.24, 2.45) is 0 Å². The summed E-state index contributed by atoms with van der Waals surface area (Å²) in [5.41, 5.74) is 8.01. The Hall–Kier alpha value is -1.55. The average molecular weight is 188 g/mol. The van der Waals surface area contributed by atoms with Crippen molar-refractivity contribution < 1.29 is 0 Å². The zero-order valence-corrected chi connectivity index (χ0v) is 7.77. The van der Waals surface area contributed by atoms with Gasteiger partial charge in [0.05, 0.1) is 17.1 Å². The molecule has 3 N–H and O–H groups in total. The second kappa shape index (κ2) is 2.72. The minimum Gasteiger partial charge on any atom is -0.369 e. The van der Waals surface area contributed by atoms with E-state index in [0.29, 0.717) is 12.0 Å². The van der Waals surface area contributed by atoms with Crippen LogP contribution >= 0.6 is 0 Å². The standard InChI is InChI=1S/C10H12N4/c11-10-13-8-3-1-2-4-9(8)14(10)7-5-12-6-7/h1-4,7,12H,5-6H2,(H2,11,13). The lowest BCUT2D eigenvalue weighted by atomic mass is 10.1. The van der Waals surface area contributed by atoms with Crippen LogP contribution in [0, 0.1) is 0 Å². The van der Waals surface area contributed by atoms with Crippen molar-refractivity contribution >= 4 is 17.0 Å².